The monoisotopic (exact) mass is 342 g/mol. The first-order chi connectivity index (χ1) is 10.4. The normalized spacial score (nSPS) is 13.2. The van der Waals surface area contributed by atoms with Crippen LogP contribution in [0.2, 0.25) is 0 Å². The van der Waals surface area contributed by atoms with Crippen LogP contribution < -0.4 is 10.0 Å². The van der Waals surface area contributed by atoms with Crippen LogP contribution in [-0.2, 0) is 21.4 Å². The summed E-state index contributed by atoms with van der Waals surface area (Å²) in [6, 6.07) is 5.77. The first kappa shape index (κ1) is 16.7. The SMILES string of the molecule is CC(C)[C@@H](NS(=O)(=O)c1cccs1)C(=O)NCc1ccco1. The van der Waals surface area contributed by atoms with Crippen LogP contribution in [-0.4, -0.2) is 20.4 Å². The average molecular weight is 342 g/mol. The molecule has 2 aromatic rings. The molecule has 0 radical (unpaired) electrons. The van der Waals surface area contributed by atoms with E-state index in [1.807, 2.05) is 0 Å². The van der Waals surface area contributed by atoms with E-state index in [1.54, 1.807) is 37.4 Å². The minimum atomic E-state index is -3.69. The van der Waals surface area contributed by atoms with Gasteiger partial charge in [-0.3, -0.25) is 4.79 Å². The summed E-state index contributed by atoms with van der Waals surface area (Å²) in [5.74, 6) is 0.0369. The van der Waals surface area contributed by atoms with Gasteiger partial charge in [0, 0.05) is 0 Å². The molecule has 6 nitrogen and oxygen atoms in total. The number of rotatable bonds is 7. The molecule has 0 saturated heterocycles. The van der Waals surface area contributed by atoms with Crippen LogP contribution in [0.3, 0.4) is 0 Å². The van der Waals surface area contributed by atoms with Crippen molar-refractivity contribution >= 4 is 27.3 Å². The zero-order valence-corrected chi connectivity index (χ0v) is 13.9. The summed E-state index contributed by atoms with van der Waals surface area (Å²) in [7, 11) is -3.69. The quantitative estimate of drug-likeness (QED) is 0.805. The lowest BCUT2D eigenvalue weighted by atomic mass is 10.1. The third-order valence-electron chi connectivity index (χ3n) is 3.01. The molecular weight excluding hydrogens is 324 g/mol. The van der Waals surface area contributed by atoms with Gasteiger partial charge in [-0.25, -0.2) is 8.42 Å². The van der Waals surface area contributed by atoms with Gasteiger partial charge in [0.1, 0.15) is 16.0 Å². The summed E-state index contributed by atoms with van der Waals surface area (Å²) >= 11 is 1.11. The Kier molecular flexibility index (Phi) is 5.38. The van der Waals surface area contributed by atoms with Crippen LogP contribution in [0, 0.1) is 5.92 Å². The van der Waals surface area contributed by atoms with Gasteiger partial charge in [-0.15, -0.1) is 11.3 Å². The van der Waals surface area contributed by atoms with Gasteiger partial charge in [0.15, 0.2) is 0 Å². The molecule has 22 heavy (non-hydrogen) atoms. The molecule has 1 atom stereocenters. The van der Waals surface area contributed by atoms with Crippen molar-refractivity contribution in [2.45, 2.75) is 30.6 Å². The Morgan fingerprint density at radius 1 is 1.32 bits per heavy atom. The minimum absolute atomic E-state index is 0.189. The second-order valence-corrected chi connectivity index (χ2v) is 7.96. The molecular formula is C14H18N2O4S2. The maximum absolute atomic E-state index is 12.3. The standard InChI is InChI=1S/C14H18N2O4S2/c1-10(2)13(14(17)15-9-11-5-3-7-20-11)16-22(18,19)12-6-4-8-21-12/h3-8,10,13,16H,9H2,1-2H3,(H,15,17)/t13-/m1/s1. The molecule has 8 heteroatoms. The highest BCUT2D eigenvalue weighted by molar-refractivity contribution is 7.91. The maximum atomic E-state index is 12.3. The number of nitrogens with one attached hydrogen (secondary N) is 2. The molecule has 0 aliphatic carbocycles. The van der Waals surface area contributed by atoms with Crippen molar-refractivity contribution in [3.8, 4) is 0 Å². The number of sulfonamides is 1. The van der Waals surface area contributed by atoms with Gasteiger partial charge in [0.25, 0.3) is 10.0 Å². The molecule has 0 aliphatic heterocycles. The van der Waals surface area contributed by atoms with Gasteiger partial charge in [-0.05, 0) is 29.5 Å². The van der Waals surface area contributed by atoms with Crippen LogP contribution >= 0.6 is 11.3 Å². The first-order valence-corrected chi connectivity index (χ1v) is 9.12. The molecule has 0 aliphatic rings. The topological polar surface area (TPSA) is 88.4 Å². The number of hydrogen-bond acceptors (Lipinski definition) is 5. The van der Waals surface area contributed by atoms with Crippen molar-refractivity contribution < 1.29 is 17.6 Å². The van der Waals surface area contributed by atoms with Gasteiger partial charge >= 0.3 is 0 Å². The van der Waals surface area contributed by atoms with Crippen molar-refractivity contribution in [1.82, 2.24) is 10.0 Å². The molecule has 2 N–H and O–H groups in total. The molecule has 2 aromatic heterocycles. The summed E-state index contributed by atoms with van der Waals surface area (Å²) in [4.78, 5) is 12.3. The molecule has 120 valence electrons. The smallest absolute Gasteiger partial charge is 0.250 e. The van der Waals surface area contributed by atoms with E-state index >= 15 is 0 Å². The summed E-state index contributed by atoms with van der Waals surface area (Å²) in [6.07, 6.45) is 1.51. The highest BCUT2D eigenvalue weighted by atomic mass is 32.2. The third-order valence-corrected chi connectivity index (χ3v) is 5.85. The predicted molar refractivity (Wildman–Crippen MR) is 83.8 cm³/mol. The molecule has 0 saturated carbocycles. The lowest BCUT2D eigenvalue weighted by molar-refractivity contribution is -0.123. The van der Waals surface area contributed by atoms with Crippen LogP contribution in [0.5, 0.6) is 0 Å². The van der Waals surface area contributed by atoms with E-state index in [2.05, 4.69) is 10.0 Å². The number of carbonyl (C=O) groups excluding carboxylic acids is 1. The molecule has 0 fully saturated rings. The fourth-order valence-corrected chi connectivity index (χ4v) is 4.18. The second kappa shape index (κ2) is 7.08. The lowest BCUT2D eigenvalue weighted by Gasteiger charge is -2.21. The number of hydrogen-bond donors (Lipinski definition) is 2. The summed E-state index contributed by atoms with van der Waals surface area (Å²) < 4.78 is 32.3. The Balaban J connectivity index is 2.04. The molecule has 0 bridgehead atoms. The van der Waals surface area contributed by atoms with Crippen molar-refractivity contribution in [1.29, 1.82) is 0 Å². The maximum Gasteiger partial charge on any atom is 0.250 e. The number of thiophene rings is 1. The van der Waals surface area contributed by atoms with Crippen LogP contribution in [0.1, 0.15) is 19.6 Å². The minimum Gasteiger partial charge on any atom is -0.467 e. The Hall–Kier alpha value is -1.64. The van der Waals surface area contributed by atoms with Gasteiger partial charge in [-0.1, -0.05) is 19.9 Å². The van der Waals surface area contributed by atoms with E-state index < -0.39 is 16.1 Å². The van der Waals surface area contributed by atoms with Gasteiger partial charge < -0.3 is 9.73 Å². The third kappa shape index (κ3) is 4.19. The van der Waals surface area contributed by atoms with Crippen LogP contribution in [0.4, 0.5) is 0 Å². The largest absolute Gasteiger partial charge is 0.467 e. The van der Waals surface area contributed by atoms with Gasteiger partial charge in [0.05, 0.1) is 12.8 Å². The average Bonchev–Trinajstić information content (AvgIpc) is 3.14. The zero-order chi connectivity index (χ0) is 16.2. The first-order valence-electron chi connectivity index (χ1n) is 6.76. The predicted octanol–water partition coefficient (Wildman–Crippen LogP) is 1.96. The number of amides is 1. The molecule has 2 heterocycles. The highest BCUT2D eigenvalue weighted by Gasteiger charge is 2.28. The van der Waals surface area contributed by atoms with E-state index in [1.165, 1.54) is 12.3 Å². The Bertz CT molecular complexity index is 691. The highest BCUT2D eigenvalue weighted by Crippen LogP contribution is 2.17. The fraction of sp³-hybridized carbons (Fsp3) is 0.357. The number of furan rings is 1. The Labute approximate surface area is 133 Å². The van der Waals surface area contributed by atoms with E-state index in [9.17, 15) is 13.2 Å². The lowest BCUT2D eigenvalue weighted by Crippen LogP contribution is -2.49. The Morgan fingerprint density at radius 3 is 2.64 bits per heavy atom. The van der Waals surface area contributed by atoms with Crippen molar-refractivity contribution in [3.63, 3.8) is 0 Å². The van der Waals surface area contributed by atoms with Crippen LogP contribution in [0.15, 0.2) is 44.5 Å². The van der Waals surface area contributed by atoms with E-state index in [4.69, 9.17) is 4.42 Å². The molecule has 2 rings (SSSR count). The summed E-state index contributed by atoms with van der Waals surface area (Å²) in [5, 5.41) is 4.35. The van der Waals surface area contributed by atoms with Crippen molar-refractivity contribution in [3.05, 3.63) is 41.7 Å². The van der Waals surface area contributed by atoms with E-state index in [-0.39, 0.29) is 22.6 Å². The zero-order valence-electron chi connectivity index (χ0n) is 12.3. The fourth-order valence-electron chi connectivity index (χ4n) is 1.83. The molecule has 0 unspecified atom stereocenters. The molecule has 1 amide bonds. The second-order valence-electron chi connectivity index (χ2n) is 5.07. The van der Waals surface area contributed by atoms with Crippen LogP contribution in [0.25, 0.3) is 0 Å². The van der Waals surface area contributed by atoms with E-state index in [0.29, 0.717) is 5.76 Å². The molecule has 0 spiro atoms. The van der Waals surface area contributed by atoms with Gasteiger partial charge in [0.2, 0.25) is 5.91 Å². The Morgan fingerprint density at radius 2 is 2.09 bits per heavy atom. The number of carbonyl (C=O) groups is 1. The molecule has 0 aromatic carbocycles. The van der Waals surface area contributed by atoms with Crippen molar-refractivity contribution in [2.75, 3.05) is 0 Å². The summed E-state index contributed by atoms with van der Waals surface area (Å²) in [6.45, 7) is 3.79. The van der Waals surface area contributed by atoms with Crippen molar-refractivity contribution in [2.24, 2.45) is 5.92 Å². The van der Waals surface area contributed by atoms with Gasteiger partial charge in [-0.2, -0.15) is 4.72 Å². The van der Waals surface area contributed by atoms with E-state index in [0.717, 1.165) is 11.3 Å². The summed E-state index contributed by atoms with van der Waals surface area (Å²) in [5.41, 5.74) is 0.